The molecule has 0 aromatic carbocycles. The third-order valence-corrected chi connectivity index (χ3v) is 4.58. The number of H-pyrrole nitrogens is 1. The van der Waals surface area contributed by atoms with E-state index in [9.17, 15) is 4.79 Å². The highest BCUT2D eigenvalue weighted by molar-refractivity contribution is 5.97. The predicted octanol–water partition coefficient (Wildman–Crippen LogP) is 1.08. The van der Waals surface area contributed by atoms with Crippen LogP contribution in [0, 0.1) is 0 Å². The number of nitrogens with zero attached hydrogens (tertiary/aromatic N) is 2. The van der Waals surface area contributed by atoms with Crippen molar-refractivity contribution in [3.05, 3.63) is 11.4 Å². The molecule has 2 unspecified atom stereocenters. The van der Waals surface area contributed by atoms with E-state index in [-0.39, 0.29) is 11.9 Å². The fourth-order valence-electron chi connectivity index (χ4n) is 2.89. The van der Waals surface area contributed by atoms with E-state index >= 15 is 0 Å². The number of carbonyl (C=O) groups is 1. The fourth-order valence-corrected chi connectivity index (χ4v) is 2.89. The van der Waals surface area contributed by atoms with E-state index in [1.54, 1.807) is 0 Å². The molecular weight excluding hydrogens is 254 g/mol. The van der Waals surface area contributed by atoms with Crippen molar-refractivity contribution < 1.29 is 4.79 Å². The van der Waals surface area contributed by atoms with Crippen LogP contribution in [0.2, 0.25) is 0 Å². The zero-order valence-electron chi connectivity index (χ0n) is 12.1. The predicted molar refractivity (Wildman–Crippen MR) is 77.6 cm³/mol. The van der Waals surface area contributed by atoms with Crippen LogP contribution in [0.3, 0.4) is 0 Å². The highest BCUT2D eigenvalue weighted by Gasteiger charge is 2.31. The van der Waals surface area contributed by atoms with Gasteiger partial charge in [0.2, 0.25) is 0 Å². The monoisotopic (exact) mass is 277 g/mol. The molecule has 0 bridgehead atoms. The quantitative estimate of drug-likeness (QED) is 0.771. The summed E-state index contributed by atoms with van der Waals surface area (Å²) in [7, 11) is 2.12. The lowest BCUT2D eigenvalue weighted by Gasteiger charge is -2.35. The number of anilines is 1. The number of amides is 1. The van der Waals surface area contributed by atoms with Crippen LogP contribution >= 0.6 is 0 Å². The molecular formula is C14H23N5O. The first-order valence-corrected chi connectivity index (χ1v) is 7.41. The highest BCUT2D eigenvalue weighted by atomic mass is 16.2. The van der Waals surface area contributed by atoms with Crippen molar-refractivity contribution in [3.63, 3.8) is 0 Å². The smallest absolute Gasteiger partial charge is 0.274 e. The number of nitrogen functional groups attached to an aromatic ring is 1. The zero-order valence-corrected chi connectivity index (χ0v) is 12.1. The van der Waals surface area contributed by atoms with Gasteiger partial charge in [-0.3, -0.25) is 9.89 Å². The number of hydrogen-bond donors (Lipinski definition) is 3. The number of nitrogens with two attached hydrogens (primary N) is 1. The van der Waals surface area contributed by atoms with Crippen LogP contribution in [0.5, 0.6) is 0 Å². The van der Waals surface area contributed by atoms with Gasteiger partial charge in [0.25, 0.3) is 5.91 Å². The summed E-state index contributed by atoms with van der Waals surface area (Å²) in [6.07, 6.45) is 4.23. The Kier molecular flexibility index (Phi) is 3.41. The summed E-state index contributed by atoms with van der Waals surface area (Å²) in [5.41, 5.74) is 7.87. The Balaban J connectivity index is 1.64. The summed E-state index contributed by atoms with van der Waals surface area (Å²) in [4.78, 5) is 14.6. The molecule has 1 aromatic rings. The summed E-state index contributed by atoms with van der Waals surface area (Å²) >= 11 is 0. The molecule has 4 N–H and O–H groups in total. The van der Waals surface area contributed by atoms with Crippen LogP contribution in [0.4, 0.5) is 5.69 Å². The maximum absolute atomic E-state index is 12.3. The topological polar surface area (TPSA) is 87.0 Å². The van der Waals surface area contributed by atoms with Crippen LogP contribution in [-0.2, 0) is 0 Å². The standard InChI is InChI=1S/C14H23N5O/c1-8-7-10(5-6-19(8)2)16-14(20)13-11(15)12(17-18-13)9-3-4-9/h8-10H,3-7,15H2,1-2H3,(H,16,20)(H,17,18). The molecule has 1 amide bonds. The van der Waals surface area contributed by atoms with Crippen LogP contribution in [0.25, 0.3) is 0 Å². The number of piperidine rings is 1. The van der Waals surface area contributed by atoms with Crippen LogP contribution < -0.4 is 11.1 Å². The molecule has 1 aliphatic heterocycles. The van der Waals surface area contributed by atoms with Crippen LogP contribution in [0.15, 0.2) is 0 Å². The van der Waals surface area contributed by atoms with Crippen molar-refractivity contribution in [2.24, 2.45) is 0 Å². The van der Waals surface area contributed by atoms with Crippen LogP contribution in [0.1, 0.15) is 54.7 Å². The molecule has 20 heavy (non-hydrogen) atoms. The molecule has 1 aromatic heterocycles. The third kappa shape index (κ3) is 2.52. The Morgan fingerprint density at radius 2 is 2.20 bits per heavy atom. The van der Waals surface area contributed by atoms with Gasteiger partial charge in [0, 0.05) is 24.5 Å². The Hall–Kier alpha value is -1.56. The Bertz CT molecular complexity index is 508. The molecule has 2 fully saturated rings. The second kappa shape index (κ2) is 5.09. The molecule has 2 heterocycles. The number of likely N-dealkylation sites (tertiary alicyclic amines) is 1. The van der Waals surface area contributed by atoms with Crippen molar-refractivity contribution in [2.45, 2.75) is 50.6 Å². The molecule has 1 saturated heterocycles. The molecule has 110 valence electrons. The van der Waals surface area contributed by atoms with E-state index in [1.165, 1.54) is 0 Å². The normalized spacial score (nSPS) is 27.5. The van der Waals surface area contributed by atoms with Crippen LogP contribution in [-0.4, -0.2) is 46.7 Å². The molecule has 2 atom stereocenters. The van der Waals surface area contributed by atoms with E-state index in [4.69, 9.17) is 5.73 Å². The molecule has 0 radical (unpaired) electrons. The van der Waals surface area contributed by atoms with Crippen molar-refractivity contribution in [1.82, 2.24) is 20.4 Å². The molecule has 6 heteroatoms. The largest absolute Gasteiger partial charge is 0.395 e. The second-order valence-electron chi connectivity index (χ2n) is 6.20. The number of aromatic nitrogens is 2. The summed E-state index contributed by atoms with van der Waals surface area (Å²) < 4.78 is 0. The lowest BCUT2D eigenvalue weighted by Crippen LogP contribution is -2.47. The van der Waals surface area contributed by atoms with Crippen molar-refractivity contribution in [1.29, 1.82) is 0 Å². The summed E-state index contributed by atoms with van der Waals surface area (Å²) in [5.74, 6) is 0.333. The van der Waals surface area contributed by atoms with Gasteiger partial charge in [0.15, 0.2) is 5.69 Å². The van der Waals surface area contributed by atoms with Gasteiger partial charge in [-0.2, -0.15) is 5.10 Å². The van der Waals surface area contributed by atoms with E-state index in [0.717, 1.165) is 37.9 Å². The maximum Gasteiger partial charge on any atom is 0.274 e. The van der Waals surface area contributed by atoms with E-state index < -0.39 is 0 Å². The van der Waals surface area contributed by atoms with Gasteiger partial charge in [-0.1, -0.05) is 0 Å². The average molecular weight is 277 g/mol. The lowest BCUT2D eigenvalue weighted by molar-refractivity contribution is 0.0892. The van der Waals surface area contributed by atoms with E-state index in [1.807, 2.05) is 0 Å². The number of aromatic amines is 1. The molecule has 6 nitrogen and oxygen atoms in total. The van der Waals surface area contributed by atoms with E-state index in [2.05, 4.69) is 34.4 Å². The molecule has 0 spiro atoms. The summed E-state index contributed by atoms with van der Waals surface area (Å²) in [6.45, 7) is 3.20. The summed E-state index contributed by atoms with van der Waals surface area (Å²) in [6, 6.07) is 0.710. The number of rotatable bonds is 3. The van der Waals surface area contributed by atoms with Crippen molar-refractivity contribution in [2.75, 3.05) is 19.3 Å². The third-order valence-electron chi connectivity index (χ3n) is 4.58. The van der Waals surface area contributed by atoms with Crippen molar-refractivity contribution in [3.8, 4) is 0 Å². The number of carbonyl (C=O) groups excluding carboxylic acids is 1. The minimum absolute atomic E-state index is 0.146. The van der Waals surface area contributed by atoms with Gasteiger partial charge < -0.3 is 16.0 Å². The van der Waals surface area contributed by atoms with Gasteiger partial charge in [-0.05, 0) is 39.7 Å². The maximum atomic E-state index is 12.3. The van der Waals surface area contributed by atoms with Gasteiger partial charge in [-0.25, -0.2) is 0 Å². The van der Waals surface area contributed by atoms with Gasteiger partial charge >= 0.3 is 0 Å². The molecule has 2 aliphatic rings. The molecule has 3 rings (SSSR count). The first-order valence-electron chi connectivity index (χ1n) is 7.41. The SMILES string of the molecule is CC1CC(NC(=O)c2n[nH]c(C3CC3)c2N)CCN1C. The Labute approximate surface area is 119 Å². The van der Waals surface area contributed by atoms with Crippen molar-refractivity contribution >= 4 is 11.6 Å². The van der Waals surface area contributed by atoms with Gasteiger partial charge in [0.05, 0.1) is 11.4 Å². The number of nitrogens with one attached hydrogen (secondary N) is 2. The first kappa shape index (κ1) is 13.4. The fraction of sp³-hybridized carbons (Fsp3) is 0.714. The van der Waals surface area contributed by atoms with Gasteiger partial charge in [-0.15, -0.1) is 0 Å². The van der Waals surface area contributed by atoms with E-state index in [0.29, 0.717) is 23.3 Å². The highest BCUT2D eigenvalue weighted by Crippen LogP contribution is 2.42. The van der Waals surface area contributed by atoms with Gasteiger partial charge in [0.1, 0.15) is 0 Å². The lowest BCUT2D eigenvalue weighted by atomic mass is 9.99. The second-order valence-corrected chi connectivity index (χ2v) is 6.20. The Morgan fingerprint density at radius 3 is 2.85 bits per heavy atom. The summed E-state index contributed by atoms with van der Waals surface area (Å²) in [5, 5.41) is 10.1. The molecule has 1 aliphatic carbocycles. The zero-order chi connectivity index (χ0) is 14.3. The number of hydrogen-bond acceptors (Lipinski definition) is 4. The Morgan fingerprint density at radius 1 is 1.45 bits per heavy atom. The first-order chi connectivity index (χ1) is 9.56. The molecule has 1 saturated carbocycles. The average Bonchev–Trinajstić information content (AvgIpc) is 3.17. The minimum Gasteiger partial charge on any atom is -0.395 e. The minimum atomic E-state index is -0.146.